The Kier molecular flexibility index (Phi) is 5.10. The van der Waals surface area contributed by atoms with Gasteiger partial charge in [-0.3, -0.25) is 4.79 Å². The van der Waals surface area contributed by atoms with Crippen molar-refractivity contribution in [2.75, 3.05) is 27.6 Å². The van der Waals surface area contributed by atoms with Crippen LogP contribution < -0.4 is 18.9 Å². The number of phenolic OH excluding ortho intramolecular Hbond substituents is 1. The number of esters is 1. The third-order valence-corrected chi connectivity index (χ3v) is 5.36. The van der Waals surface area contributed by atoms with Crippen molar-refractivity contribution in [3.63, 3.8) is 0 Å². The number of carbonyl (C=O) groups is 1. The van der Waals surface area contributed by atoms with E-state index in [4.69, 9.17) is 23.7 Å². The Hall–Kier alpha value is -3.13. The largest absolute Gasteiger partial charge is 0.508 e. The zero-order valence-electron chi connectivity index (χ0n) is 16.1. The monoisotopic (exact) mass is 402 g/mol. The number of aliphatic hydroxyl groups is 1. The molecule has 2 aromatic rings. The van der Waals surface area contributed by atoms with E-state index in [0.717, 1.165) is 0 Å². The molecule has 0 radical (unpaired) electrons. The maximum atomic E-state index is 12.4. The Bertz CT molecular complexity index is 925. The number of methoxy groups -OCH3 is 2. The minimum Gasteiger partial charge on any atom is -0.508 e. The van der Waals surface area contributed by atoms with E-state index in [0.29, 0.717) is 40.5 Å². The summed E-state index contributed by atoms with van der Waals surface area (Å²) in [4.78, 5) is 12.4. The topological polar surface area (TPSA) is 104 Å². The molecule has 0 bridgehead atoms. The van der Waals surface area contributed by atoms with Crippen LogP contribution in [0.1, 0.15) is 17.2 Å². The Morgan fingerprint density at radius 1 is 1.07 bits per heavy atom. The molecule has 29 heavy (non-hydrogen) atoms. The van der Waals surface area contributed by atoms with Crippen molar-refractivity contribution in [1.82, 2.24) is 0 Å². The zero-order valence-corrected chi connectivity index (χ0v) is 16.1. The van der Waals surface area contributed by atoms with Gasteiger partial charge in [-0.05, 0) is 35.7 Å². The summed E-state index contributed by atoms with van der Waals surface area (Å²) >= 11 is 0. The number of hydrogen-bond donors (Lipinski definition) is 2. The molecule has 154 valence electrons. The number of benzene rings is 2. The summed E-state index contributed by atoms with van der Waals surface area (Å²) in [5, 5.41) is 21.3. The van der Waals surface area contributed by atoms with Crippen LogP contribution >= 0.6 is 0 Å². The van der Waals surface area contributed by atoms with Gasteiger partial charge < -0.3 is 33.9 Å². The van der Waals surface area contributed by atoms with Gasteiger partial charge in [-0.2, -0.15) is 0 Å². The average Bonchev–Trinajstić information content (AvgIpc) is 3.33. The molecule has 2 aliphatic rings. The Balaban J connectivity index is 1.59. The molecule has 1 saturated heterocycles. The lowest BCUT2D eigenvalue weighted by atomic mass is 9.82. The van der Waals surface area contributed by atoms with Gasteiger partial charge in [-0.1, -0.05) is 6.07 Å². The Morgan fingerprint density at radius 2 is 1.79 bits per heavy atom. The Morgan fingerprint density at radius 3 is 2.52 bits per heavy atom. The highest BCUT2D eigenvalue weighted by Gasteiger charge is 2.43. The van der Waals surface area contributed by atoms with Crippen LogP contribution in [0.25, 0.3) is 0 Å². The van der Waals surface area contributed by atoms with E-state index in [9.17, 15) is 15.0 Å². The highest BCUT2D eigenvalue weighted by molar-refractivity contribution is 5.76. The third kappa shape index (κ3) is 3.51. The van der Waals surface area contributed by atoms with Crippen molar-refractivity contribution < 1.29 is 38.7 Å². The van der Waals surface area contributed by atoms with Gasteiger partial charge in [-0.15, -0.1) is 0 Å². The number of aliphatic hydroxyl groups excluding tert-OH is 1. The molecule has 0 aromatic heterocycles. The fourth-order valence-corrected chi connectivity index (χ4v) is 3.82. The first-order valence-electron chi connectivity index (χ1n) is 9.20. The first kappa shape index (κ1) is 19.2. The van der Waals surface area contributed by atoms with Gasteiger partial charge >= 0.3 is 5.97 Å². The predicted octanol–water partition coefficient (Wildman–Crippen LogP) is 2.20. The van der Waals surface area contributed by atoms with Gasteiger partial charge in [-0.25, -0.2) is 0 Å². The van der Waals surface area contributed by atoms with Crippen molar-refractivity contribution >= 4 is 5.97 Å². The van der Waals surface area contributed by atoms with E-state index >= 15 is 0 Å². The van der Waals surface area contributed by atoms with Crippen molar-refractivity contribution in [2.45, 2.75) is 12.5 Å². The van der Waals surface area contributed by atoms with Crippen molar-refractivity contribution in [3.05, 3.63) is 41.5 Å². The van der Waals surface area contributed by atoms with Crippen molar-refractivity contribution in [1.29, 1.82) is 0 Å². The van der Waals surface area contributed by atoms with Crippen LogP contribution in [0.2, 0.25) is 0 Å². The second-order valence-electron chi connectivity index (χ2n) is 7.01. The first-order valence-corrected chi connectivity index (χ1v) is 9.20. The molecule has 1 fully saturated rings. The fourth-order valence-electron chi connectivity index (χ4n) is 3.82. The van der Waals surface area contributed by atoms with E-state index in [1.807, 2.05) is 0 Å². The molecule has 2 aromatic carbocycles. The Labute approximate surface area is 167 Å². The van der Waals surface area contributed by atoms with Crippen LogP contribution in [0.15, 0.2) is 30.3 Å². The number of rotatable bonds is 6. The molecule has 2 N–H and O–H groups in total. The van der Waals surface area contributed by atoms with Crippen LogP contribution in [0.4, 0.5) is 0 Å². The minimum absolute atomic E-state index is 0.0490. The molecule has 4 rings (SSSR count). The van der Waals surface area contributed by atoms with Gasteiger partial charge in [0.05, 0.1) is 32.8 Å². The van der Waals surface area contributed by atoms with Gasteiger partial charge in [0.1, 0.15) is 5.75 Å². The van der Waals surface area contributed by atoms with Crippen LogP contribution in [-0.4, -0.2) is 43.8 Å². The molecule has 0 aliphatic carbocycles. The fraction of sp³-hybridized carbons (Fsp3) is 0.381. The van der Waals surface area contributed by atoms with E-state index in [-0.39, 0.29) is 25.1 Å². The zero-order chi connectivity index (χ0) is 20.5. The van der Waals surface area contributed by atoms with E-state index in [1.54, 1.807) is 24.3 Å². The lowest BCUT2D eigenvalue weighted by Gasteiger charge is -2.22. The number of phenols is 1. The molecule has 2 aliphatic heterocycles. The van der Waals surface area contributed by atoms with Gasteiger partial charge in [0, 0.05) is 12.0 Å². The predicted molar refractivity (Wildman–Crippen MR) is 100 cm³/mol. The summed E-state index contributed by atoms with van der Waals surface area (Å²) in [5.74, 6) is 0.479. The number of hydrogen-bond acceptors (Lipinski definition) is 8. The number of ether oxygens (including phenoxy) is 5. The number of aromatic hydroxyl groups is 1. The van der Waals surface area contributed by atoms with Crippen LogP contribution in [0, 0.1) is 11.8 Å². The van der Waals surface area contributed by atoms with Crippen LogP contribution in [-0.2, 0) is 16.0 Å². The normalized spacial score (nSPS) is 21.0. The van der Waals surface area contributed by atoms with Gasteiger partial charge in [0.15, 0.2) is 23.0 Å². The van der Waals surface area contributed by atoms with Crippen molar-refractivity contribution in [2.24, 2.45) is 11.8 Å². The van der Waals surface area contributed by atoms with E-state index in [1.165, 1.54) is 20.3 Å². The molecule has 0 spiro atoms. The van der Waals surface area contributed by atoms with Crippen molar-refractivity contribution in [3.8, 4) is 28.7 Å². The van der Waals surface area contributed by atoms with Crippen LogP contribution in [0.3, 0.4) is 0 Å². The molecule has 0 saturated carbocycles. The molecule has 0 amide bonds. The van der Waals surface area contributed by atoms with E-state index < -0.39 is 18.0 Å². The first-order chi connectivity index (χ1) is 14.0. The lowest BCUT2D eigenvalue weighted by molar-refractivity contribution is -0.144. The quantitative estimate of drug-likeness (QED) is 0.709. The molecule has 2 heterocycles. The summed E-state index contributed by atoms with van der Waals surface area (Å²) < 4.78 is 26.4. The average molecular weight is 402 g/mol. The second-order valence-corrected chi connectivity index (χ2v) is 7.01. The summed E-state index contributed by atoms with van der Waals surface area (Å²) in [6.07, 6.45) is -0.755. The van der Waals surface area contributed by atoms with E-state index in [2.05, 4.69) is 0 Å². The smallest absolute Gasteiger partial charge is 0.312 e. The lowest BCUT2D eigenvalue weighted by Crippen LogP contribution is -2.25. The summed E-state index contributed by atoms with van der Waals surface area (Å²) in [7, 11) is 3.03. The highest BCUT2D eigenvalue weighted by Crippen LogP contribution is 2.42. The maximum absolute atomic E-state index is 12.4. The second kappa shape index (κ2) is 7.71. The minimum atomic E-state index is -1.09. The molecule has 0 unspecified atom stereocenters. The SMILES string of the molecule is COc1ccc([C@H](O)[C@H]2C(=O)OC[C@@H]2Cc2cc3c(cc2O)OCO3)cc1OC. The summed E-state index contributed by atoms with van der Waals surface area (Å²) in [5.41, 5.74) is 1.12. The number of fused-ring (bicyclic) bond motifs is 1. The number of carbonyl (C=O) groups excluding carboxylic acids is 1. The summed E-state index contributed by atoms with van der Waals surface area (Å²) in [6.45, 7) is 0.256. The van der Waals surface area contributed by atoms with Crippen LogP contribution in [0.5, 0.6) is 28.7 Å². The molecule has 8 heteroatoms. The number of cyclic esters (lactones) is 1. The highest BCUT2D eigenvalue weighted by atomic mass is 16.7. The molecule has 8 nitrogen and oxygen atoms in total. The molecular weight excluding hydrogens is 380 g/mol. The third-order valence-electron chi connectivity index (χ3n) is 5.36. The maximum Gasteiger partial charge on any atom is 0.312 e. The summed E-state index contributed by atoms with van der Waals surface area (Å²) in [6, 6.07) is 8.20. The van der Waals surface area contributed by atoms with Gasteiger partial charge in [0.25, 0.3) is 0 Å². The van der Waals surface area contributed by atoms with Gasteiger partial charge in [0.2, 0.25) is 6.79 Å². The molecule has 3 atom stereocenters. The molecular formula is C21H22O8. The standard InChI is InChI=1S/C21H22O8/c1-25-15-4-3-11(6-16(15)26-2)20(23)19-13(9-27-21(19)24)5-12-7-17-18(8-14(12)22)29-10-28-17/h3-4,6-8,13,19-20,22-23H,5,9-10H2,1-2H3/t13-,19-,20-/m0/s1.